The van der Waals surface area contributed by atoms with Crippen molar-refractivity contribution in [2.24, 2.45) is 0 Å². The normalized spacial score (nSPS) is 23.2. The molecule has 2 aliphatic heterocycles. The molecule has 0 saturated carbocycles. The highest BCUT2D eigenvalue weighted by Crippen LogP contribution is 2.27. The van der Waals surface area contributed by atoms with E-state index in [0.29, 0.717) is 31.7 Å². The number of rotatable bonds is 2. The van der Waals surface area contributed by atoms with Crippen LogP contribution in [0.3, 0.4) is 0 Å². The first kappa shape index (κ1) is 15.9. The van der Waals surface area contributed by atoms with Crippen LogP contribution < -0.4 is 4.90 Å². The Hall–Kier alpha value is -1.95. The zero-order valence-electron chi connectivity index (χ0n) is 13.4. The molecule has 0 N–H and O–H groups in total. The third-order valence-electron chi connectivity index (χ3n) is 4.74. The van der Waals surface area contributed by atoms with Crippen LogP contribution in [0.4, 0.5) is 10.1 Å². The van der Waals surface area contributed by atoms with Gasteiger partial charge in [-0.05, 0) is 25.0 Å². The van der Waals surface area contributed by atoms with Gasteiger partial charge in [-0.1, -0.05) is 12.1 Å². The first-order valence-electron chi connectivity index (χ1n) is 8.13. The molecule has 3 rings (SSSR count). The summed E-state index contributed by atoms with van der Waals surface area (Å²) in [5.74, 6) is -0.316. The molecule has 2 aliphatic rings. The van der Waals surface area contributed by atoms with Gasteiger partial charge in [0.15, 0.2) is 0 Å². The number of para-hydroxylation sites is 1. The van der Waals surface area contributed by atoms with Crippen LogP contribution in [0.5, 0.6) is 0 Å². The number of amides is 2. The van der Waals surface area contributed by atoms with Gasteiger partial charge >= 0.3 is 0 Å². The molecule has 0 aromatic heterocycles. The molecule has 1 aromatic carbocycles. The summed E-state index contributed by atoms with van der Waals surface area (Å²) >= 11 is 0. The SMILES string of the molecule is CC(=O)N1CCCN([C@H]2CCN(c3ccccc3F)C2=O)CC1. The molecule has 2 fully saturated rings. The molecule has 23 heavy (non-hydrogen) atoms. The average molecular weight is 319 g/mol. The summed E-state index contributed by atoms with van der Waals surface area (Å²) in [6.07, 6.45) is 1.57. The van der Waals surface area contributed by atoms with Crippen molar-refractivity contribution in [3.8, 4) is 0 Å². The van der Waals surface area contributed by atoms with E-state index < -0.39 is 0 Å². The van der Waals surface area contributed by atoms with E-state index in [0.717, 1.165) is 19.5 Å². The van der Waals surface area contributed by atoms with Gasteiger partial charge in [0.25, 0.3) is 0 Å². The molecule has 5 nitrogen and oxygen atoms in total. The van der Waals surface area contributed by atoms with Crippen molar-refractivity contribution in [3.05, 3.63) is 30.1 Å². The molecule has 124 valence electrons. The zero-order valence-corrected chi connectivity index (χ0v) is 13.4. The van der Waals surface area contributed by atoms with Crippen molar-refractivity contribution < 1.29 is 14.0 Å². The van der Waals surface area contributed by atoms with Crippen LogP contribution in [-0.2, 0) is 9.59 Å². The van der Waals surface area contributed by atoms with E-state index in [1.807, 2.05) is 4.90 Å². The van der Waals surface area contributed by atoms with Gasteiger partial charge < -0.3 is 9.80 Å². The van der Waals surface area contributed by atoms with Gasteiger partial charge in [0.2, 0.25) is 11.8 Å². The largest absolute Gasteiger partial charge is 0.342 e. The van der Waals surface area contributed by atoms with Crippen molar-refractivity contribution in [3.63, 3.8) is 0 Å². The van der Waals surface area contributed by atoms with E-state index in [9.17, 15) is 14.0 Å². The van der Waals surface area contributed by atoms with Gasteiger partial charge in [-0.2, -0.15) is 0 Å². The number of benzene rings is 1. The standard InChI is InChI=1S/C17H22FN3O2/c1-13(22)19-8-4-9-20(12-11-19)16-7-10-21(17(16)23)15-6-3-2-5-14(15)18/h2-3,5-6,16H,4,7-12H2,1H3/t16-/m0/s1. The van der Waals surface area contributed by atoms with Gasteiger partial charge in [0.05, 0.1) is 11.7 Å². The van der Waals surface area contributed by atoms with Crippen LogP contribution in [0.2, 0.25) is 0 Å². The number of halogens is 1. The Morgan fingerprint density at radius 2 is 1.91 bits per heavy atom. The molecule has 1 atom stereocenters. The number of carbonyl (C=O) groups is 2. The monoisotopic (exact) mass is 319 g/mol. The summed E-state index contributed by atoms with van der Waals surface area (Å²) in [5, 5.41) is 0. The van der Waals surface area contributed by atoms with Crippen molar-refractivity contribution in [1.29, 1.82) is 0 Å². The molecule has 0 radical (unpaired) electrons. The third-order valence-corrected chi connectivity index (χ3v) is 4.74. The summed E-state index contributed by atoms with van der Waals surface area (Å²) in [5.41, 5.74) is 0.361. The Bertz CT molecular complexity index is 607. The zero-order chi connectivity index (χ0) is 16.4. The first-order chi connectivity index (χ1) is 11.1. The quantitative estimate of drug-likeness (QED) is 0.829. The minimum absolute atomic E-state index is 0.0358. The van der Waals surface area contributed by atoms with Crippen molar-refractivity contribution in [2.45, 2.75) is 25.8 Å². The topological polar surface area (TPSA) is 43.9 Å². The number of carbonyl (C=O) groups excluding carboxylic acids is 2. The molecule has 2 heterocycles. The fraction of sp³-hybridized carbons (Fsp3) is 0.529. The maximum Gasteiger partial charge on any atom is 0.244 e. The maximum absolute atomic E-state index is 13.9. The second kappa shape index (κ2) is 6.66. The fourth-order valence-corrected chi connectivity index (χ4v) is 3.48. The maximum atomic E-state index is 13.9. The van der Waals surface area contributed by atoms with Crippen LogP contribution in [0.1, 0.15) is 19.8 Å². The van der Waals surface area contributed by atoms with Crippen molar-refractivity contribution >= 4 is 17.5 Å². The molecule has 1 aromatic rings. The van der Waals surface area contributed by atoms with E-state index in [1.165, 1.54) is 6.07 Å². The third kappa shape index (κ3) is 3.22. The lowest BCUT2D eigenvalue weighted by Gasteiger charge is -2.26. The van der Waals surface area contributed by atoms with E-state index in [2.05, 4.69) is 4.90 Å². The second-order valence-corrected chi connectivity index (χ2v) is 6.14. The number of hydrogen-bond acceptors (Lipinski definition) is 3. The Kier molecular flexibility index (Phi) is 4.61. The average Bonchev–Trinajstić information content (AvgIpc) is 2.75. The summed E-state index contributed by atoms with van der Waals surface area (Å²) in [7, 11) is 0. The lowest BCUT2D eigenvalue weighted by molar-refractivity contribution is -0.128. The Balaban J connectivity index is 1.70. The number of hydrogen-bond donors (Lipinski definition) is 0. The molecule has 2 saturated heterocycles. The lowest BCUT2D eigenvalue weighted by Crippen LogP contribution is -2.44. The van der Waals surface area contributed by atoms with Crippen LogP contribution >= 0.6 is 0 Å². The van der Waals surface area contributed by atoms with Crippen molar-refractivity contribution in [1.82, 2.24) is 9.80 Å². The highest BCUT2D eigenvalue weighted by molar-refractivity contribution is 5.99. The van der Waals surface area contributed by atoms with Crippen LogP contribution in [0, 0.1) is 5.82 Å². The molecule has 2 amide bonds. The minimum Gasteiger partial charge on any atom is -0.342 e. The van der Waals surface area contributed by atoms with E-state index in [1.54, 1.807) is 30.0 Å². The summed E-state index contributed by atoms with van der Waals surface area (Å²) in [6.45, 7) is 5.00. The number of anilines is 1. The molecular weight excluding hydrogens is 297 g/mol. The van der Waals surface area contributed by atoms with E-state index in [-0.39, 0.29) is 23.7 Å². The van der Waals surface area contributed by atoms with Gasteiger partial charge in [0.1, 0.15) is 5.82 Å². The van der Waals surface area contributed by atoms with Crippen LogP contribution in [0.25, 0.3) is 0 Å². The van der Waals surface area contributed by atoms with Crippen molar-refractivity contribution in [2.75, 3.05) is 37.6 Å². The first-order valence-corrected chi connectivity index (χ1v) is 8.13. The summed E-state index contributed by atoms with van der Waals surface area (Å²) < 4.78 is 13.9. The van der Waals surface area contributed by atoms with Gasteiger partial charge in [-0.3, -0.25) is 14.5 Å². The van der Waals surface area contributed by atoms with Gasteiger partial charge in [0, 0.05) is 39.6 Å². The predicted molar refractivity (Wildman–Crippen MR) is 85.6 cm³/mol. The molecule has 0 aliphatic carbocycles. The Morgan fingerprint density at radius 1 is 1.13 bits per heavy atom. The molecule has 0 spiro atoms. The van der Waals surface area contributed by atoms with E-state index >= 15 is 0 Å². The summed E-state index contributed by atoms with van der Waals surface area (Å²) in [6, 6.07) is 6.20. The molecule has 6 heteroatoms. The lowest BCUT2D eigenvalue weighted by atomic mass is 10.2. The highest BCUT2D eigenvalue weighted by atomic mass is 19.1. The Labute approximate surface area is 135 Å². The molecule has 0 unspecified atom stereocenters. The van der Waals surface area contributed by atoms with Crippen LogP contribution in [0.15, 0.2) is 24.3 Å². The smallest absolute Gasteiger partial charge is 0.244 e. The predicted octanol–water partition coefficient (Wildman–Crippen LogP) is 1.49. The molecule has 0 bridgehead atoms. The van der Waals surface area contributed by atoms with Crippen LogP contribution in [-0.4, -0.2) is 60.4 Å². The van der Waals surface area contributed by atoms with Gasteiger partial charge in [-0.25, -0.2) is 4.39 Å². The fourth-order valence-electron chi connectivity index (χ4n) is 3.48. The Morgan fingerprint density at radius 3 is 2.65 bits per heavy atom. The number of nitrogens with zero attached hydrogens (tertiary/aromatic N) is 3. The second-order valence-electron chi connectivity index (χ2n) is 6.14. The molecular formula is C17H22FN3O2. The highest BCUT2D eigenvalue weighted by Gasteiger charge is 2.38. The van der Waals surface area contributed by atoms with Gasteiger partial charge in [-0.15, -0.1) is 0 Å². The summed E-state index contributed by atoms with van der Waals surface area (Å²) in [4.78, 5) is 29.8. The minimum atomic E-state index is -0.361. The van der Waals surface area contributed by atoms with E-state index in [4.69, 9.17) is 0 Å².